The minimum absolute atomic E-state index is 0. The van der Waals surface area contributed by atoms with Gasteiger partial charge in [-0.3, -0.25) is 19.9 Å². The maximum Gasteiger partial charge on any atom is 1.00 e. The minimum atomic E-state index is -0.210. The van der Waals surface area contributed by atoms with E-state index in [9.17, 15) is 9.59 Å². The number of hydrogen-bond acceptors (Lipinski definition) is 5. The second-order valence-electron chi connectivity index (χ2n) is 6.21. The van der Waals surface area contributed by atoms with E-state index >= 15 is 0 Å². The number of fused-ring (bicyclic) bond motifs is 1. The number of aryl methyl sites for hydroxylation is 1. The molecule has 3 rings (SSSR count). The van der Waals surface area contributed by atoms with Crippen LogP contribution in [0.1, 0.15) is 38.4 Å². The SMILES string of the molecule is C=C1[C@H](CC)[C@@H]([Si-]O)C[C@@H]1n1cnc2c(C)nc(NC(C)=O)nc21.[Rb+].[Rb+]. The molecule has 3 atom stereocenters. The third kappa shape index (κ3) is 5.17. The summed E-state index contributed by atoms with van der Waals surface area (Å²) in [5.41, 5.74) is 3.48. The fourth-order valence-electron chi connectivity index (χ4n) is 3.54. The zero-order chi connectivity index (χ0) is 17.4. The quantitative estimate of drug-likeness (QED) is 0.321. The Morgan fingerprint density at radius 2 is 2.15 bits per heavy atom. The van der Waals surface area contributed by atoms with E-state index in [4.69, 9.17) is 0 Å². The van der Waals surface area contributed by atoms with Gasteiger partial charge < -0.3 is 9.36 Å². The van der Waals surface area contributed by atoms with Crippen LogP contribution in [0.25, 0.3) is 11.2 Å². The van der Waals surface area contributed by atoms with Gasteiger partial charge in [0.05, 0.1) is 18.1 Å². The number of imidazole rings is 1. The molecule has 2 aromatic rings. The van der Waals surface area contributed by atoms with Crippen molar-refractivity contribution < 1.29 is 126 Å². The van der Waals surface area contributed by atoms with Crippen molar-refractivity contribution in [3.05, 3.63) is 24.2 Å². The summed E-state index contributed by atoms with van der Waals surface area (Å²) in [5.74, 6) is 0.386. The van der Waals surface area contributed by atoms with Gasteiger partial charge in [0, 0.05) is 6.92 Å². The molecule has 0 aliphatic heterocycles. The van der Waals surface area contributed by atoms with Crippen molar-refractivity contribution in [2.75, 3.05) is 5.32 Å². The van der Waals surface area contributed by atoms with Crippen LogP contribution >= 0.6 is 0 Å². The molecule has 0 aromatic carbocycles. The van der Waals surface area contributed by atoms with Gasteiger partial charge in [-0.15, -0.1) is 0 Å². The number of allylic oxidation sites excluding steroid dienone is 1. The molecule has 1 aliphatic rings. The monoisotopic (exact) mass is 513 g/mol. The molecule has 0 spiro atoms. The normalized spacial score (nSPS) is 22.0. The van der Waals surface area contributed by atoms with Crippen molar-refractivity contribution in [3.8, 4) is 0 Å². The van der Waals surface area contributed by atoms with Crippen LogP contribution in [0.5, 0.6) is 0 Å². The summed E-state index contributed by atoms with van der Waals surface area (Å²) in [5, 5.41) is 2.63. The van der Waals surface area contributed by atoms with E-state index in [1.165, 1.54) is 6.92 Å². The van der Waals surface area contributed by atoms with Gasteiger partial charge in [0.2, 0.25) is 11.9 Å². The Morgan fingerprint density at radius 1 is 1.46 bits per heavy atom. The van der Waals surface area contributed by atoms with Crippen molar-refractivity contribution in [2.45, 2.75) is 45.2 Å². The van der Waals surface area contributed by atoms with E-state index in [1.54, 1.807) is 6.33 Å². The summed E-state index contributed by atoms with van der Waals surface area (Å²) in [6, 6.07) is 0.0593. The maximum atomic E-state index is 11.3. The number of amides is 1. The predicted molar refractivity (Wildman–Crippen MR) is 92.7 cm³/mol. The zero-order valence-corrected chi connectivity index (χ0v) is 26.9. The largest absolute Gasteiger partial charge is 1.00 e. The number of carbonyl (C=O) groups is 1. The number of nitrogens with zero attached hydrogens (tertiary/aromatic N) is 4. The molecule has 0 unspecified atom stereocenters. The summed E-state index contributed by atoms with van der Waals surface area (Å²) in [6.07, 6.45) is 3.55. The molecular weight excluding hydrogens is 493 g/mol. The Balaban J connectivity index is 0.00000169. The minimum Gasteiger partial charge on any atom is -0.634 e. The Morgan fingerprint density at radius 3 is 2.69 bits per heavy atom. The molecule has 0 bridgehead atoms. The van der Waals surface area contributed by atoms with Crippen LogP contribution in [0.15, 0.2) is 18.5 Å². The first-order valence-corrected chi connectivity index (χ1v) is 9.05. The second kappa shape index (κ2) is 11.1. The molecule has 127 valence electrons. The first kappa shape index (κ1) is 25.6. The number of aromatic nitrogens is 4. The van der Waals surface area contributed by atoms with Crippen molar-refractivity contribution >= 4 is 32.8 Å². The van der Waals surface area contributed by atoms with Crippen LogP contribution < -0.4 is 122 Å². The van der Waals surface area contributed by atoms with E-state index in [2.05, 4.69) is 33.8 Å². The van der Waals surface area contributed by atoms with E-state index in [-0.39, 0.29) is 150 Å². The first-order chi connectivity index (χ1) is 11.5. The summed E-state index contributed by atoms with van der Waals surface area (Å²) in [7, 11) is -0.0905. The first-order valence-electron chi connectivity index (χ1n) is 8.03. The van der Waals surface area contributed by atoms with Crippen LogP contribution in [0.3, 0.4) is 0 Å². The molecular formula is C16H21N5O2Rb2Si+. The summed E-state index contributed by atoms with van der Waals surface area (Å²) in [6.45, 7) is 9.68. The molecule has 1 fully saturated rings. The fourth-order valence-corrected chi connectivity index (χ4v) is 4.50. The number of hydrogen-bond donors (Lipinski definition) is 2. The van der Waals surface area contributed by atoms with E-state index in [0.717, 1.165) is 29.6 Å². The summed E-state index contributed by atoms with van der Waals surface area (Å²) < 4.78 is 2.00. The molecule has 1 radical (unpaired) electrons. The molecule has 0 saturated heterocycles. The Kier molecular flexibility index (Phi) is 10.9. The standard InChI is InChI=1S/C16H21N5O2Si.2Rb/c1-5-11-8(2)12(6-13(11)24-23)21-7-17-14-9(3)18-16(19-10(4)22)20-15(14)21;;/h7,11-13,23H,2,5-6H2,1,3-4H3,(H,18,19,20,22);;/q-1;2*+1/t11-,12-,13-;;/m0../s1. The van der Waals surface area contributed by atoms with Gasteiger partial charge in [-0.05, 0) is 12.8 Å². The Labute approximate surface area is 253 Å². The molecule has 2 aromatic heterocycles. The summed E-state index contributed by atoms with van der Waals surface area (Å²) in [4.78, 5) is 34.2. The van der Waals surface area contributed by atoms with Crippen molar-refractivity contribution in [1.29, 1.82) is 0 Å². The van der Waals surface area contributed by atoms with Gasteiger partial charge in [-0.1, -0.05) is 31.9 Å². The third-order valence-electron chi connectivity index (χ3n) is 4.69. The topological polar surface area (TPSA) is 92.9 Å². The Hall–Kier alpha value is 1.55. The number of rotatable bonds is 4. The molecule has 2 N–H and O–H groups in total. The Bertz CT molecular complexity index is 813. The molecule has 7 nitrogen and oxygen atoms in total. The number of carbonyl (C=O) groups excluding carboxylic acids is 1. The number of anilines is 1. The average molecular weight is 514 g/mol. The van der Waals surface area contributed by atoms with Gasteiger partial charge in [0.15, 0.2) is 5.65 Å². The van der Waals surface area contributed by atoms with Crippen LogP contribution in [-0.2, 0) is 4.79 Å². The van der Waals surface area contributed by atoms with Crippen LogP contribution in [0.2, 0.25) is 5.54 Å². The van der Waals surface area contributed by atoms with Crippen molar-refractivity contribution in [3.63, 3.8) is 0 Å². The molecule has 26 heavy (non-hydrogen) atoms. The van der Waals surface area contributed by atoms with Gasteiger partial charge in [0.25, 0.3) is 0 Å². The average Bonchev–Trinajstić information content (AvgIpc) is 3.07. The van der Waals surface area contributed by atoms with E-state index in [0.29, 0.717) is 11.6 Å². The smallest absolute Gasteiger partial charge is 0.634 e. The zero-order valence-electron chi connectivity index (χ0n) is 16.1. The van der Waals surface area contributed by atoms with Crippen molar-refractivity contribution in [2.24, 2.45) is 5.92 Å². The fraction of sp³-hybridized carbons (Fsp3) is 0.500. The number of nitrogens with one attached hydrogen (secondary N) is 1. The molecule has 1 aliphatic carbocycles. The molecule has 10 heteroatoms. The maximum absolute atomic E-state index is 11.3. The van der Waals surface area contributed by atoms with Gasteiger partial charge in [-0.2, -0.15) is 10.5 Å². The molecule has 1 amide bonds. The van der Waals surface area contributed by atoms with E-state index in [1.807, 2.05) is 11.5 Å². The van der Waals surface area contributed by atoms with Gasteiger partial charge >= 0.3 is 116 Å². The summed E-state index contributed by atoms with van der Waals surface area (Å²) >= 11 is 0. The van der Waals surface area contributed by atoms with Crippen LogP contribution in [0.4, 0.5) is 5.95 Å². The molecule has 2 heterocycles. The van der Waals surface area contributed by atoms with Crippen LogP contribution in [0, 0.1) is 12.8 Å². The molecule has 1 saturated carbocycles. The van der Waals surface area contributed by atoms with Crippen LogP contribution in [-0.4, -0.2) is 40.0 Å². The van der Waals surface area contributed by atoms with E-state index < -0.39 is 0 Å². The van der Waals surface area contributed by atoms with Crippen molar-refractivity contribution in [1.82, 2.24) is 19.5 Å². The second-order valence-corrected chi connectivity index (χ2v) is 7.21. The third-order valence-corrected chi connectivity index (χ3v) is 5.66. The van der Waals surface area contributed by atoms with Gasteiger partial charge in [-0.25, -0.2) is 9.97 Å². The van der Waals surface area contributed by atoms with Gasteiger partial charge in [0.1, 0.15) is 5.52 Å². The predicted octanol–water partition coefficient (Wildman–Crippen LogP) is -3.97.